The molecule has 236 valence electrons. The maximum Gasteiger partial charge on any atom is 0.494 e. The number of fused-ring (bicyclic) bond motifs is 6. The van der Waals surface area contributed by atoms with Gasteiger partial charge in [-0.25, -0.2) is 9.97 Å². The van der Waals surface area contributed by atoms with E-state index in [2.05, 4.69) is 161 Å². The van der Waals surface area contributed by atoms with Crippen molar-refractivity contribution in [3.63, 3.8) is 0 Å². The highest BCUT2D eigenvalue weighted by Gasteiger charge is 2.51. The van der Waals surface area contributed by atoms with Crippen LogP contribution in [0.25, 0.3) is 77.0 Å². The Morgan fingerprint density at radius 2 is 1.08 bits per heavy atom. The van der Waals surface area contributed by atoms with Crippen LogP contribution in [0.5, 0.6) is 0 Å². The molecule has 0 unspecified atom stereocenters. The first-order chi connectivity index (χ1) is 23.8. The van der Waals surface area contributed by atoms with Gasteiger partial charge in [-0.2, -0.15) is 0 Å². The molecule has 0 radical (unpaired) electrons. The predicted octanol–water partition coefficient (Wildman–Crippen LogP) is 10.4. The minimum absolute atomic E-state index is 0.484. The Hall–Kier alpha value is -5.36. The van der Waals surface area contributed by atoms with E-state index in [1.54, 1.807) is 0 Å². The molecular formula is C44H35BN2O2. The maximum atomic E-state index is 6.65. The fourth-order valence-electron chi connectivity index (χ4n) is 7.15. The Morgan fingerprint density at radius 1 is 0.469 bits per heavy atom. The third-order valence-corrected chi connectivity index (χ3v) is 10.5. The first-order valence-corrected chi connectivity index (χ1v) is 16.9. The summed E-state index contributed by atoms with van der Waals surface area (Å²) in [5, 5.41) is 8.11. The molecule has 49 heavy (non-hydrogen) atoms. The zero-order chi connectivity index (χ0) is 33.3. The molecule has 1 fully saturated rings. The van der Waals surface area contributed by atoms with Crippen molar-refractivity contribution in [2.24, 2.45) is 0 Å². The summed E-state index contributed by atoms with van der Waals surface area (Å²) in [7, 11) is -0.551. The van der Waals surface area contributed by atoms with Crippen LogP contribution in [-0.2, 0) is 9.31 Å². The summed E-state index contributed by atoms with van der Waals surface area (Å²) in [5.74, 6) is 0.660. The summed E-state index contributed by atoms with van der Waals surface area (Å²) in [6.45, 7) is 8.38. The Morgan fingerprint density at radius 3 is 1.84 bits per heavy atom. The third kappa shape index (κ3) is 4.92. The van der Waals surface area contributed by atoms with Gasteiger partial charge in [-0.05, 0) is 89.4 Å². The van der Waals surface area contributed by atoms with Gasteiger partial charge in [0.05, 0.1) is 22.4 Å². The zero-order valence-corrected chi connectivity index (χ0v) is 28.1. The van der Waals surface area contributed by atoms with E-state index >= 15 is 0 Å². The van der Waals surface area contributed by atoms with Crippen LogP contribution in [0.2, 0.25) is 0 Å². The van der Waals surface area contributed by atoms with Gasteiger partial charge < -0.3 is 9.31 Å². The number of nitrogens with zero attached hydrogens (tertiary/aromatic N) is 2. The molecule has 5 heteroatoms. The number of rotatable bonds is 4. The molecule has 1 aliphatic rings. The van der Waals surface area contributed by atoms with Gasteiger partial charge in [-0.1, -0.05) is 121 Å². The zero-order valence-electron chi connectivity index (χ0n) is 28.1. The summed E-state index contributed by atoms with van der Waals surface area (Å²) in [5.41, 5.74) is 5.97. The number of hydrogen-bond donors (Lipinski definition) is 0. The quantitative estimate of drug-likeness (QED) is 0.143. The normalized spacial score (nSPS) is 15.5. The smallest absolute Gasteiger partial charge is 0.399 e. The van der Waals surface area contributed by atoms with E-state index in [9.17, 15) is 0 Å². The lowest BCUT2D eigenvalue weighted by Crippen LogP contribution is -2.41. The molecule has 1 aliphatic heterocycles. The van der Waals surface area contributed by atoms with Gasteiger partial charge in [0.25, 0.3) is 0 Å². The van der Waals surface area contributed by atoms with Crippen molar-refractivity contribution in [3.05, 3.63) is 140 Å². The molecule has 0 bridgehead atoms. The van der Waals surface area contributed by atoms with Gasteiger partial charge in [0.15, 0.2) is 5.82 Å². The van der Waals surface area contributed by atoms with Gasteiger partial charge in [-0.3, -0.25) is 0 Å². The van der Waals surface area contributed by atoms with Crippen LogP contribution in [0.3, 0.4) is 0 Å². The molecule has 0 atom stereocenters. The molecule has 0 aliphatic carbocycles. The third-order valence-electron chi connectivity index (χ3n) is 10.5. The molecule has 7 aromatic carbocycles. The number of aromatic nitrogens is 2. The number of benzene rings is 7. The number of hydrogen-bond acceptors (Lipinski definition) is 4. The summed E-state index contributed by atoms with van der Waals surface area (Å²) in [4.78, 5) is 10.7. The monoisotopic (exact) mass is 634 g/mol. The molecule has 1 saturated heterocycles. The van der Waals surface area contributed by atoms with Crippen molar-refractivity contribution in [3.8, 4) is 33.8 Å². The molecule has 9 rings (SSSR count). The van der Waals surface area contributed by atoms with Crippen molar-refractivity contribution in [2.75, 3.05) is 0 Å². The van der Waals surface area contributed by atoms with Crippen molar-refractivity contribution < 1.29 is 9.31 Å². The molecule has 0 amide bonds. The molecule has 4 nitrogen and oxygen atoms in total. The van der Waals surface area contributed by atoms with Crippen molar-refractivity contribution in [2.45, 2.75) is 38.9 Å². The van der Waals surface area contributed by atoms with E-state index in [0.29, 0.717) is 5.82 Å². The fourth-order valence-corrected chi connectivity index (χ4v) is 7.15. The van der Waals surface area contributed by atoms with Crippen LogP contribution >= 0.6 is 0 Å². The molecule has 2 heterocycles. The van der Waals surface area contributed by atoms with Crippen molar-refractivity contribution in [1.82, 2.24) is 9.97 Å². The first-order valence-electron chi connectivity index (χ1n) is 16.9. The second-order valence-corrected chi connectivity index (χ2v) is 14.1. The highest BCUT2D eigenvalue weighted by Crippen LogP contribution is 2.40. The topological polar surface area (TPSA) is 44.2 Å². The van der Waals surface area contributed by atoms with E-state index in [4.69, 9.17) is 19.3 Å². The minimum atomic E-state index is -0.551. The Labute approximate surface area is 286 Å². The van der Waals surface area contributed by atoms with Crippen LogP contribution in [0, 0.1) is 0 Å². The molecule has 0 spiro atoms. The van der Waals surface area contributed by atoms with Crippen LogP contribution in [0.4, 0.5) is 0 Å². The Kier molecular flexibility index (Phi) is 6.74. The van der Waals surface area contributed by atoms with Crippen molar-refractivity contribution >= 4 is 55.8 Å². The fraction of sp³-hybridized carbons (Fsp3) is 0.136. The largest absolute Gasteiger partial charge is 0.494 e. The van der Waals surface area contributed by atoms with Crippen LogP contribution in [0.15, 0.2) is 140 Å². The first kappa shape index (κ1) is 29.8. The van der Waals surface area contributed by atoms with E-state index < -0.39 is 18.3 Å². The lowest BCUT2D eigenvalue weighted by molar-refractivity contribution is 0.00578. The van der Waals surface area contributed by atoms with E-state index in [-0.39, 0.29) is 0 Å². The second kappa shape index (κ2) is 11.1. The van der Waals surface area contributed by atoms with E-state index in [1.807, 2.05) is 6.07 Å². The molecule has 1 aromatic heterocycles. The Balaban J connectivity index is 1.34. The van der Waals surface area contributed by atoms with Gasteiger partial charge in [0, 0.05) is 21.9 Å². The van der Waals surface area contributed by atoms with Gasteiger partial charge >= 0.3 is 7.12 Å². The molecule has 8 aromatic rings. The SMILES string of the molecule is CC1(C)OB(c2cc(-c3nc(-c4ccccc4)c4ccc5ccccc5c4n3)cc(-c3cc4ccccc4c4ccccc34)c2)OC1(C)C. The van der Waals surface area contributed by atoms with Crippen LogP contribution in [0.1, 0.15) is 27.7 Å². The minimum Gasteiger partial charge on any atom is -0.399 e. The van der Waals surface area contributed by atoms with Gasteiger partial charge in [0.2, 0.25) is 0 Å². The maximum absolute atomic E-state index is 6.65. The summed E-state index contributed by atoms with van der Waals surface area (Å²) in [6.07, 6.45) is 0. The van der Waals surface area contributed by atoms with Crippen LogP contribution in [-0.4, -0.2) is 28.3 Å². The lowest BCUT2D eigenvalue weighted by atomic mass is 9.76. The Bertz CT molecular complexity index is 2560. The van der Waals surface area contributed by atoms with E-state index in [1.165, 1.54) is 21.5 Å². The molecule has 0 N–H and O–H groups in total. The standard InChI is InChI=1S/C44H35BN2O2/c1-43(2)44(3,4)49-45(48-43)33-25-31(39-27-30-17-9-10-18-34(30)36-20-12-13-21-37(36)39)24-32(26-33)42-46-40(29-15-6-5-7-16-29)38-23-22-28-14-8-11-19-35(28)41(38)47-42/h5-27H,1-4H3. The predicted molar refractivity (Wildman–Crippen MR) is 204 cm³/mol. The van der Waals surface area contributed by atoms with E-state index in [0.717, 1.165) is 55.1 Å². The van der Waals surface area contributed by atoms with Gasteiger partial charge in [-0.15, -0.1) is 0 Å². The lowest BCUT2D eigenvalue weighted by Gasteiger charge is -2.32. The molecule has 0 saturated carbocycles. The van der Waals surface area contributed by atoms with Crippen molar-refractivity contribution in [1.29, 1.82) is 0 Å². The highest BCUT2D eigenvalue weighted by molar-refractivity contribution is 6.62. The van der Waals surface area contributed by atoms with Gasteiger partial charge in [0.1, 0.15) is 0 Å². The molecular weight excluding hydrogens is 599 g/mol. The summed E-state index contributed by atoms with van der Waals surface area (Å²) >= 11 is 0. The summed E-state index contributed by atoms with van der Waals surface area (Å²) < 4.78 is 13.3. The average molecular weight is 635 g/mol. The summed E-state index contributed by atoms with van der Waals surface area (Å²) in [6, 6.07) is 49.3. The average Bonchev–Trinajstić information content (AvgIpc) is 3.36. The second-order valence-electron chi connectivity index (χ2n) is 14.1. The highest BCUT2D eigenvalue weighted by atomic mass is 16.7. The van der Waals surface area contributed by atoms with Crippen LogP contribution < -0.4 is 5.46 Å².